The van der Waals surface area contributed by atoms with E-state index in [1.54, 1.807) is 11.1 Å². The summed E-state index contributed by atoms with van der Waals surface area (Å²) >= 11 is -0.799. The van der Waals surface area contributed by atoms with Gasteiger partial charge in [0, 0.05) is 0 Å². The van der Waals surface area contributed by atoms with Gasteiger partial charge in [-0.3, -0.25) is 0 Å². The minimum absolute atomic E-state index is 0.443. The van der Waals surface area contributed by atoms with Gasteiger partial charge in [-0.25, -0.2) is 0 Å². The van der Waals surface area contributed by atoms with E-state index in [-0.39, 0.29) is 0 Å². The molecule has 0 amide bonds. The average Bonchev–Trinajstić information content (AvgIpc) is 2.61. The molecule has 0 fully saturated rings. The molecule has 0 aromatic heterocycles. The SMILES string of the molecule is CC1=CC=C[C]1(C)[Hf][C]1(C)C=CC=C1C. The normalized spacial score (nSPS) is 38.1. The summed E-state index contributed by atoms with van der Waals surface area (Å²) in [6, 6.07) is 0. The van der Waals surface area contributed by atoms with Crippen molar-refractivity contribution in [2.75, 3.05) is 0 Å². The van der Waals surface area contributed by atoms with Crippen LogP contribution in [0.1, 0.15) is 27.7 Å². The van der Waals surface area contributed by atoms with Crippen molar-refractivity contribution in [2.45, 2.75) is 34.0 Å². The van der Waals surface area contributed by atoms with Gasteiger partial charge in [0.1, 0.15) is 0 Å². The predicted molar refractivity (Wildman–Crippen MR) is 62.5 cm³/mol. The van der Waals surface area contributed by atoms with E-state index < -0.39 is 22.9 Å². The summed E-state index contributed by atoms with van der Waals surface area (Å²) in [5.41, 5.74) is 3.14. The zero-order valence-corrected chi connectivity index (χ0v) is 13.6. The molecule has 0 radical (unpaired) electrons. The molecule has 15 heavy (non-hydrogen) atoms. The molecular weight excluding hydrogens is 347 g/mol. The molecule has 78 valence electrons. The molecule has 0 bridgehead atoms. The second kappa shape index (κ2) is 3.69. The Morgan fingerprint density at radius 2 is 1.27 bits per heavy atom. The molecule has 2 rings (SSSR count). The molecule has 0 aliphatic heterocycles. The van der Waals surface area contributed by atoms with E-state index in [2.05, 4.69) is 64.2 Å². The van der Waals surface area contributed by atoms with Crippen LogP contribution in [0.5, 0.6) is 0 Å². The maximum absolute atomic E-state index is 2.43. The van der Waals surface area contributed by atoms with E-state index >= 15 is 0 Å². The molecular formula is C14H18Hf. The third-order valence-electron chi connectivity index (χ3n) is 3.71. The van der Waals surface area contributed by atoms with Crippen molar-refractivity contribution in [1.82, 2.24) is 0 Å². The van der Waals surface area contributed by atoms with Crippen LogP contribution in [0.4, 0.5) is 0 Å². The Kier molecular flexibility index (Phi) is 2.79. The molecule has 0 heterocycles. The van der Waals surface area contributed by atoms with Gasteiger partial charge in [0.25, 0.3) is 0 Å². The van der Waals surface area contributed by atoms with Gasteiger partial charge in [0.2, 0.25) is 0 Å². The fourth-order valence-electron chi connectivity index (χ4n) is 2.20. The quantitative estimate of drug-likeness (QED) is 0.635. The van der Waals surface area contributed by atoms with Crippen LogP contribution in [0.2, 0.25) is 6.34 Å². The standard InChI is InChI=1S/2C7H9.Hf/c2*1-6-4-3-5-7(6)2;/h2*3-5H,1-2H3;. The van der Waals surface area contributed by atoms with E-state index in [1.165, 1.54) is 0 Å². The molecule has 2 aliphatic carbocycles. The minimum atomic E-state index is -0.799. The number of hydrogen-bond acceptors (Lipinski definition) is 0. The first-order valence-corrected chi connectivity index (χ1v) is 9.08. The first kappa shape index (κ1) is 11.3. The van der Waals surface area contributed by atoms with Gasteiger partial charge in [-0.1, -0.05) is 0 Å². The van der Waals surface area contributed by atoms with Crippen molar-refractivity contribution in [3.8, 4) is 0 Å². The first-order chi connectivity index (χ1) is 6.96. The number of hydrogen-bond donors (Lipinski definition) is 0. The van der Waals surface area contributed by atoms with E-state index in [1.807, 2.05) is 0 Å². The van der Waals surface area contributed by atoms with Crippen LogP contribution in [-0.2, 0) is 22.9 Å². The molecule has 1 heteroatoms. The van der Waals surface area contributed by atoms with Crippen molar-refractivity contribution < 1.29 is 22.9 Å². The van der Waals surface area contributed by atoms with Crippen LogP contribution in [-0.4, -0.2) is 0 Å². The molecule has 0 N–H and O–H groups in total. The topological polar surface area (TPSA) is 0 Å². The summed E-state index contributed by atoms with van der Waals surface area (Å²) in [6.07, 6.45) is 13.9. The Hall–Kier alpha value is -0.170. The van der Waals surface area contributed by atoms with Crippen LogP contribution in [0.15, 0.2) is 47.6 Å². The van der Waals surface area contributed by atoms with Gasteiger partial charge in [-0.2, -0.15) is 0 Å². The van der Waals surface area contributed by atoms with E-state index in [0.717, 1.165) is 0 Å². The molecule has 2 unspecified atom stereocenters. The Morgan fingerprint density at radius 3 is 1.53 bits per heavy atom. The summed E-state index contributed by atoms with van der Waals surface area (Å²) in [5.74, 6) is 0. The average molecular weight is 365 g/mol. The van der Waals surface area contributed by atoms with Crippen LogP contribution in [0.25, 0.3) is 0 Å². The van der Waals surface area contributed by atoms with Crippen LogP contribution >= 0.6 is 0 Å². The molecule has 0 spiro atoms. The van der Waals surface area contributed by atoms with Gasteiger partial charge < -0.3 is 0 Å². The zero-order chi connectivity index (χ0) is 11.1. The second-order valence-corrected chi connectivity index (χ2v) is 13.3. The van der Waals surface area contributed by atoms with E-state index in [0.29, 0.717) is 6.34 Å². The third-order valence-corrected chi connectivity index (χ3v) is 11.5. The number of allylic oxidation sites excluding steroid dienone is 8. The fourth-order valence-corrected chi connectivity index (χ4v) is 9.38. The van der Waals surface area contributed by atoms with Gasteiger partial charge >= 0.3 is 105 Å². The van der Waals surface area contributed by atoms with Gasteiger partial charge in [0.05, 0.1) is 0 Å². The fraction of sp³-hybridized carbons (Fsp3) is 0.429. The monoisotopic (exact) mass is 366 g/mol. The molecule has 2 atom stereocenters. The van der Waals surface area contributed by atoms with Gasteiger partial charge in [0.15, 0.2) is 0 Å². The van der Waals surface area contributed by atoms with Crippen molar-refractivity contribution in [3.05, 3.63) is 47.6 Å². The summed E-state index contributed by atoms with van der Waals surface area (Å²) in [6.45, 7) is 9.43. The molecule has 0 nitrogen and oxygen atoms in total. The Labute approximate surface area is 104 Å². The summed E-state index contributed by atoms with van der Waals surface area (Å²) in [4.78, 5) is 0. The van der Waals surface area contributed by atoms with Crippen LogP contribution < -0.4 is 0 Å². The summed E-state index contributed by atoms with van der Waals surface area (Å²) < 4.78 is 0.886. The zero-order valence-electron chi connectivity index (χ0n) is 9.96. The molecule has 0 saturated heterocycles. The van der Waals surface area contributed by atoms with Crippen molar-refractivity contribution in [2.24, 2.45) is 0 Å². The van der Waals surface area contributed by atoms with Crippen molar-refractivity contribution in [3.63, 3.8) is 0 Å². The second-order valence-electron chi connectivity index (χ2n) is 4.95. The Bertz CT molecular complexity index is 360. The van der Waals surface area contributed by atoms with Crippen molar-refractivity contribution in [1.29, 1.82) is 0 Å². The third kappa shape index (κ3) is 1.91. The Balaban J connectivity index is 2.23. The number of rotatable bonds is 2. The molecule has 0 aromatic carbocycles. The summed E-state index contributed by atoms with van der Waals surface area (Å²) in [5, 5.41) is 0. The van der Waals surface area contributed by atoms with Crippen LogP contribution in [0.3, 0.4) is 0 Å². The van der Waals surface area contributed by atoms with Crippen molar-refractivity contribution >= 4 is 0 Å². The molecule has 2 aliphatic rings. The Morgan fingerprint density at radius 1 is 0.867 bits per heavy atom. The van der Waals surface area contributed by atoms with Crippen LogP contribution in [0, 0.1) is 0 Å². The molecule has 0 saturated carbocycles. The first-order valence-electron chi connectivity index (χ1n) is 5.49. The summed E-state index contributed by atoms with van der Waals surface area (Å²) in [7, 11) is 0. The van der Waals surface area contributed by atoms with E-state index in [4.69, 9.17) is 0 Å². The van der Waals surface area contributed by atoms with Gasteiger partial charge in [-0.15, -0.1) is 0 Å². The van der Waals surface area contributed by atoms with E-state index in [9.17, 15) is 0 Å². The predicted octanol–water partition coefficient (Wildman–Crippen LogP) is 4.46. The molecule has 0 aromatic rings. The maximum atomic E-state index is 2.43. The van der Waals surface area contributed by atoms with Gasteiger partial charge in [-0.05, 0) is 0 Å².